The molecule has 1 saturated heterocycles. The summed E-state index contributed by atoms with van der Waals surface area (Å²) in [5.74, 6) is 2.04. The molecule has 0 aromatic heterocycles. The number of ether oxygens (including phenoxy) is 5. The van der Waals surface area contributed by atoms with Crippen LogP contribution >= 0.6 is 0 Å². The molecule has 31 heavy (non-hydrogen) atoms. The van der Waals surface area contributed by atoms with E-state index in [1.165, 1.54) is 0 Å². The number of hydrogen-bond donors (Lipinski definition) is 1. The van der Waals surface area contributed by atoms with E-state index < -0.39 is 12.0 Å². The lowest BCUT2D eigenvalue weighted by atomic mass is 9.91. The summed E-state index contributed by atoms with van der Waals surface area (Å²) in [6.07, 6.45) is 2.41. The SMILES string of the molecule is COc1cc(C(c2ccc3c(c2)OCO3)N2CCCCC2C(=O)O)cc(OC)c1OC. The van der Waals surface area contributed by atoms with Crippen LogP contribution in [0.15, 0.2) is 30.3 Å². The number of carboxylic acid groups (broad SMARTS) is 1. The summed E-state index contributed by atoms with van der Waals surface area (Å²) in [5, 5.41) is 9.93. The first-order chi connectivity index (χ1) is 15.1. The van der Waals surface area contributed by atoms with Gasteiger partial charge in [0.15, 0.2) is 23.0 Å². The van der Waals surface area contributed by atoms with Crippen LogP contribution in [-0.2, 0) is 4.79 Å². The van der Waals surface area contributed by atoms with Crippen LogP contribution in [0.3, 0.4) is 0 Å². The number of hydrogen-bond acceptors (Lipinski definition) is 7. The number of likely N-dealkylation sites (tertiary alicyclic amines) is 1. The Labute approximate surface area is 181 Å². The molecule has 2 heterocycles. The van der Waals surface area contributed by atoms with Gasteiger partial charge in [-0.25, -0.2) is 0 Å². The average molecular weight is 429 g/mol. The van der Waals surface area contributed by atoms with Crippen molar-refractivity contribution in [2.24, 2.45) is 0 Å². The van der Waals surface area contributed by atoms with E-state index in [2.05, 4.69) is 0 Å². The van der Waals surface area contributed by atoms with Gasteiger partial charge >= 0.3 is 5.97 Å². The summed E-state index contributed by atoms with van der Waals surface area (Å²) in [6.45, 7) is 0.835. The molecular formula is C23H27NO7. The number of fused-ring (bicyclic) bond motifs is 1. The van der Waals surface area contributed by atoms with Gasteiger partial charge in [-0.15, -0.1) is 0 Å². The number of piperidine rings is 1. The average Bonchev–Trinajstić information content (AvgIpc) is 3.26. The smallest absolute Gasteiger partial charge is 0.320 e. The zero-order chi connectivity index (χ0) is 22.0. The van der Waals surface area contributed by atoms with Crippen LogP contribution in [0.1, 0.15) is 36.4 Å². The van der Waals surface area contributed by atoms with E-state index in [-0.39, 0.29) is 12.8 Å². The van der Waals surface area contributed by atoms with Crippen molar-refractivity contribution in [3.63, 3.8) is 0 Å². The summed E-state index contributed by atoms with van der Waals surface area (Å²) in [7, 11) is 4.69. The van der Waals surface area contributed by atoms with Crippen LogP contribution < -0.4 is 23.7 Å². The first-order valence-electron chi connectivity index (χ1n) is 10.3. The fourth-order valence-corrected chi connectivity index (χ4v) is 4.45. The Balaban J connectivity index is 1.87. The molecular weight excluding hydrogens is 402 g/mol. The van der Waals surface area contributed by atoms with E-state index in [1.54, 1.807) is 21.3 Å². The fourth-order valence-electron chi connectivity index (χ4n) is 4.45. The van der Waals surface area contributed by atoms with Crippen molar-refractivity contribution in [1.29, 1.82) is 0 Å². The lowest BCUT2D eigenvalue weighted by molar-refractivity contribution is -0.145. The number of aliphatic carboxylic acids is 1. The molecule has 0 bridgehead atoms. The third kappa shape index (κ3) is 3.95. The molecule has 2 aromatic rings. The predicted molar refractivity (Wildman–Crippen MR) is 112 cm³/mol. The minimum atomic E-state index is -0.821. The number of carbonyl (C=O) groups is 1. The third-order valence-electron chi connectivity index (χ3n) is 5.88. The van der Waals surface area contributed by atoms with Crippen molar-refractivity contribution < 1.29 is 33.6 Å². The molecule has 2 unspecified atom stereocenters. The Bertz CT molecular complexity index is 936. The van der Waals surface area contributed by atoms with E-state index in [9.17, 15) is 9.90 Å². The van der Waals surface area contributed by atoms with E-state index in [0.717, 1.165) is 24.0 Å². The molecule has 8 nitrogen and oxygen atoms in total. The number of benzene rings is 2. The topological polar surface area (TPSA) is 86.7 Å². The van der Waals surface area contributed by atoms with Gasteiger partial charge in [0.05, 0.1) is 27.4 Å². The van der Waals surface area contributed by atoms with Gasteiger partial charge in [-0.3, -0.25) is 9.69 Å². The van der Waals surface area contributed by atoms with Crippen molar-refractivity contribution in [3.05, 3.63) is 41.5 Å². The maximum atomic E-state index is 12.1. The maximum Gasteiger partial charge on any atom is 0.320 e. The van der Waals surface area contributed by atoms with Gasteiger partial charge < -0.3 is 28.8 Å². The molecule has 2 atom stereocenters. The molecule has 1 N–H and O–H groups in total. The van der Waals surface area contributed by atoms with Crippen molar-refractivity contribution in [1.82, 2.24) is 4.90 Å². The van der Waals surface area contributed by atoms with Gasteiger partial charge in [-0.2, -0.15) is 0 Å². The second kappa shape index (κ2) is 8.93. The van der Waals surface area contributed by atoms with Gasteiger partial charge in [-0.05, 0) is 54.8 Å². The minimum absolute atomic E-state index is 0.176. The lowest BCUT2D eigenvalue weighted by Crippen LogP contribution is -2.46. The molecule has 8 heteroatoms. The normalized spacial score (nSPS) is 19.0. The highest BCUT2D eigenvalue weighted by Gasteiger charge is 2.36. The molecule has 0 radical (unpaired) electrons. The molecule has 2 aliphatic rings. The van der Waals surface area contributed by atoms with Crippen molar-refractivity contribution >= 4 is 5.97 Å². The van der Waals surface area contributed by atoms with Crippen LogP contribution in [0.4, 0.5) is 0 Å². The molecule has 0 saturated carbocycles. The van der Waals surface area contributed by atoms with E-state index in [1.807, 2.05) is 35.2 Å². The van der Waals surface area contributed by atoms with Crippen LogP contribution in [0, 0.1) is 0 Å². The molecule has 1 fully saturated rings. The number of rotatable bonds is 7. The standard InChI is InChI=1S/C23H27NO7/c1-27-19-11-15(12-20(28-2)22(19)29-3)21(24-9-5-4-6-16(24)23(25)26)14-7-8-17-18(10-14)31-13-30-17/h7-8,10-12,16,21H,4-6,9,13H2,1-3H3,(H,25,26). The van der Waals surface area contributed by atoms with Gasteiger partial charge in [0, 0.05) is 0 Å². The zero-order valence-corrected chi connectivity index (χ0v) is 17.9. The molecule has 2 aliphatic heterocycles. The molecule has 0 aliphatic carbocycles. The number of carboxylic acids is 1. The van der Waals surface area contributed by atoms with Gasteiger partial charge in [0.2, 0.25) is 12.5 Å². The van der Waals surface area contributed by atoms with Gasteiger partial charge in [0.1, 0.15) is 6.04 Å². The van der Waals surface area contributed by atoms with Gasteiger partial charge in [0.25, 0.3) is 0 Å². The third-order valence-corrected chi connectivity index (χ3v) is 5.88. The van der Waals surface area contributed by atoms with Crippen molar-refractivity contribution in [2.45, 2.75) is 31.3 Å². The molecule has 166 valence electrons. The molecule has 2 aromatic carbocycles. The largest absolute Gasteiger partial charge is 0.493 e. The van der Waals surface area contributed by atoms with Crippen LogP contribution in [-0.4, -0.2) is 56.7 Å². The Hall–Kier alpha value is -3.13. The van der Waals surface area contributed by atoms with E-state index >= 15 is 0 Å². The van der Waals surface area contributed by atoms with Crippen molar-refractivity contribution in [3.8, 4) is 28.7 Å². The van der Waals surface area contributed by atoms with E-state index in [4.69, 9.17) is 23.7 Å². The highest BCUT2D eigenvalue weighted by atomic mass is 16.7. The highest BCUT2D eigenvalue weighted by molar-refractivity contribution is 5.74. The number of methoxy groups -OCH3 is 3. The Morgan fingerprint density at radius 2 is 1.71 bits per heavy atom. The fraction of sp³-hybridized carbons (Fsp3) is 0.435. The van der Waals surface area contributed by atoms with Crippen LogP contribution in [0.25, 0.3) is 0 Å². The predicted octanol–water partition coefficient (Wildman–Crippen LogP) is 3.47. The summed E-state index contributed by atoms with van der Waals surface area (Å²) in [5.41, 5.74) is 1.76. The second-order valence-electron chi connectivity index (χ2n) is 7.56. The van der Waals surface area contributed by atoms with E-state index in [0.29, 0.717) is 41.7 Å². The van der Waals surface area contributed by atoms with Crippen LogP contribution in [0.2, 0.25) is 0 Å². The summed E-state index contributed by atoms with van der Waals surface area (Å²) in [4.78, 5) is 14.1. The first-order valence-corrected chi connectivity index (χ1v) is 10.3. The summed E-state index contributed by atoms with van der Waals surface area (Å²) < 4.78 is 27.6. The Kier molecular flexibility index (Phi) is 6.08. The zero-order valence-electron chi connectivity index (χ0n) is 17.9. The molecule has 0 spiro atoms. The number of nitrogens with zero attached hydrogens (tertiary/aromatic N) is 1. The Morgan fingerprint density at radius 1 is 1.00 bits per heavy atom. The lowest BCUT2D eigenvalue weighted by Gasteiger charge is -2.40. The summed E-state index contributed by atoms with van der Waals surface area (Å²) in [6, 6.07) is 8.56. The molecule has 4 rings (SSSR count). The van der Waals surface area contributed by atoms with Crippen molar-refractivity contribution in [2.75, 3.05) is 34.7 Å². The van der Waals surface area contributed by atoms with Gasteiger partial charge in [-0.1, -0.05) is 12.5 Å². The summed E-state index contributed by atoms with van der Waals surface area (Å²) >= 11 is 0. The maximum absolute atomic E-state index is 12.1. The van der Waals surface area contributed by atoms with Crippen LogP contribution in [0.5, 0.6) is 28.7 Å². The minimum Gasteiger partial charge on any atom is -0.493 e. The quantitative estimate of drug-likeness (QED) is 0.716. The monoisotopic (exact) mass is 429 g/mol. The Morgan fingerprint density at radius 3 is 2.35 bits per heavy atom. The molecule has 0 amide bonds. The highest BCUT2D eigenvalue weighted by Crippen LogP contribution is 2.45. The first kappa shape index (κ1) is 21.1. The second-order valence-corrected chi connectivity index (χ2v) is 7.56.